The van der Waals surface area contributed by atoms with E-state index in [4.69, 9.17) is 0 Å². The molecule has 0 saturated carbocycles. The fourth-order valence-corrected chi connectivity index (χ4v) is 4.12. The molecule has 5 rings (SSSR count). The highest BCUT2D eigenvalue weighted by atomic mass is 32.2. The molecule has 1 N–H and O–H groups in total. The number of thioether (sulfide) groups is 1. The van der Waals surface area contributed by atoms with E-state index >= 15 is 0 Å². The van der Waals surface area contributed by atoms with Crippen LogP contribution in [0.1, 0.15) is 11.1 Å². The highest BCUT2D eigenvalue weighted by Crippen LogP contribution is 2.24. The standard InChI is InChI=1S/C23H20N6OS/c1-15-6-8-17(9-7-15)19-13-20-22-25-26-23(28(22)10-11-29(20)27-19)31-14-21(30)24-18-5-3-4-16(2)12-18/h3-13H,14H2,1-2H3,(H,24,30). The summed E-state index contributed by atoms with van der Waals surface area (Å²) in [6.07, 6.45) is 3.75. The molecule has 5 aromatic rings. The predicted octanol–water partition coefficient (Wildman–Crippen LogP) is 4.39. The van der Waals surface area contributed by atoms with E-state index in [2.05, 4.69) is 51.8 Å². The third kappa shape index (κ3) is 3.89. The molecule has 0 aliphatic heterocycles. The van der Waals surface area contributed by atoms with Crippen molar-refractivity contribution in [3.05, 3.63) is 78.1 Å². The zero-order chi connectivity index (χ0) is 21.4. The molecule has 3 aromatic heterocycles. The number of rotatable bonds is 5. The van der Waals surface area contributed by atoms with Gasteiger partial charge in [0.05, 0.1) is 11.4 Å². The average Bonchev–Trinajstić information content (AvgIpc) is 3.36. The molecule has 2 aromatic carbocycles. The van der Waals surface area contributed by atoms with Gasteiger partial charge in [0.25, 0.3) is 0 Å². The molecule has 0 spiro atoms. The molecule has 8 heteroatoms. The Labute approximate surface area is 183 Å². The highest BCUT2D eigenvalue weighted by Gasteiger charge is 2.14. The molecule has 0 saturated heterocycles. The first kappa shape index (κ1) is 19.3. The number of carbonyl (C=O) groups is 1. The summed E-state index contributed by atoms with van der Waals surface area (Å²) in [5.41, 5.74) is 6.60. The molecule has 0 radical (unpaired) electrons. The van der Waals surface area contributed by atoms with Crippen LogP contribution in [0.15, 0.2) is 72.1 Å². The summed E-state index contributed by atoms with van der Waals surface area (Å²) in [5, 5.41) is 16.9. The Balaban J connectivity index is 1.37. The number of anilines is 1. The van der Waals surface area contributed by atoms with Crippen molar-refractivity contribution in [1.82, 2.24) is 24.2 Å². The lowest BCUT2D eigenvalue weighted by atomic mass is 10.1. The van der Waals surface area contributed by atoms with Crippen LogP contribution >= 0.6 is 11.8 Å². The molecular formula is C23H20N6OS. The largest absolute Gasteiger partial charge is 0.325 e. The minimum absolute atomic E-state index is 0.0839. The van der Waals surface area contributed by atoms with E-state index in [1.165, 1.54) is 17.3 Å². The second-order valence-corrected chi connectivity index (χ2v) is 8.35. The van der Waals surface area contributed by atoms with Gasteiger partial charge in [-0.25, -0.2) is 4.52 Å². The van der Waals surface area contributed by atoms with E-state index in [9.17, 15) is 4.79 Å². The third-order valence-corrected chi connectivity index (χ3v) is 5.91. The molecule has 0 bridgehead atoms. The Kier molecular flexibility index (Phi) is 4.91. The summed E-state index contributed by atoms with van der Waals surface area (Å²) in [7, 11) is 0. The fourth-order valence-electron chi connectivity index (χ4n) is 3.40. The van der Waals surface area contributed by atoms with Crippen LogP contribution in [-0.2, 0) is 4.79 Å². The number of hydrogen-bond donors (Lipinski definition) is 1. The monoisotopic (exact) mass is 428 g/mol. The third-order valence-electron chi connectivity index (χ3n) is 4.97. The van der Waals surface area contributed by atoms with Gasteiger partial charge in [0, 0.05) is 23.6 Å². The number of hydrogen-bond acceptors (Lipinski definition) is 5. The molecule has 0 aliphatic carbocycles. The number of fused-ring (bicyclic) bond motifs is 3. The number of aromatic nitrogens is 5. The van der Waals surface area contributed by atoms with Gasteiger partial charge in [0.15, 0.2) is 10.8 Å². The summed E-state index contributed by atoms with van der Waals surface area (Å²) < 4.78 is 3.69. The maximum absolute atomic E-state index is 12.3. The maximum atomic E-state index is 12.3. The lowest BCUT2D eigenvalue weighted by Crippen LogP contribution is -2.14. The normalized spacial score (nSPS) is 11.3. The van der Waals surface area contributed by atoms with Crippen molar-refractivity contribution in [1.29, 1.82) is 0 Å². The van der Waals surface area contributed by atoms with Crippen molar-refractivity contribution in [3.63, 3.8) is 0 Å². The highest BCUT2D eigenvalue weighted by molar-refractivity contribution is 7.99. The molecule has 3 heterocycles. The first-order valence-corrected chi connectivity index (χ1v) is 10.8. The van der Waals surface area contributed by atoms with Crippen molar-refractivity contribution in [2.75, 3.05) is 11.1 Å². The molecule has 0 unspecified atom stereocenters. The molecular weight excluding hydrogens is 408 g/mol. The summed E-state index contributed by atoms with van der Waals surface area (Å²) in [6, 6.07) is 18.0. The van der Waals surface area contributed by atoms with Crippen LogP contribution in [0.3, 0.4) is 0 Å². The van der Waals surface area contributed by atoms with E-state index < -0.39 is 0 Å². The number of carbonyl (C=O) groups excluding carboxylic acids is 1. The topological polar surface area (TPSA) is 76.6 Å². The first-order valence-electron chi connectivity index (χ1n) is 9.86. The van der Waals surface area contributed by atoms with Gasteiger partial charge in [-0.2, -0.15) is 5.10 Å². The number of nitrogens with one attached hydrogen (secondary N) is 1. The molecule has 0 atom stereocenters. The molecule has 31 heavy (non-hydrogen) atoms. The van der Waals surface area contributed by atoms with Gasteiger partial charge in [-0.15, -0.1) is 10.2 Å². The van der Waals surface area contributed by atoms with Crippen LogP contribution in [0.25, 0.3) is 22.4 Å². The molecule has 0 aliphatic rings. The minimum Gasteiger partial charge on any atom is -0.325 e. The van der Waals surface area contributed by atoms with Crippen LogP contribution in [0.5, 0.6) is 0 Å². The fraction of sp³-hybridized carbons (Fsp3) is 0.130. The van der Waals surface area contributed by atoms with Crippen LogP contribution < -0.4 is 5.32 Å². The Morgan fingerprint density at radius 1 is 1.00 bits per heavy atom. The number of benzene rings is 2. The van der Waals surface area contributed by atoms with Crippen molar-refractivity contribution in [2.45, 2.75) is 19.0 Å². The number of amides is 1. The van der Waals surface area contributed by atoms with Gasteiger partial charge in [0.2, 0.25) is 5.91 Å². The van der Waals surface area contributed by atoms with E-state index in [1.54, 1.807) is 4.52 Å². The van der Waals surface area contributed by atoms with Crippen LogP contribution in [0.4, 0.5) is 5.69 Å². The summed E-state index contributed by atoms with van der Waals surface area (Å²) in [6.45, 7) is 4.06. The van der Waals surface area contributed by atoms with E-state index in [0.717, 1.165) is 28.0 Å². The summed E-state index contributed by atoms with van der Waals surface area (Å²) in [5.74, 6) is 0.160. The Morgan fingerprint density at radius 3 is 2.65 bits per heavy atom. The van der Waals surface area contributed by atoms with Crippen LogP contribution in [0, 0.1) is 13.8 Å². The van der Waals surface area contributed by atoms with Crippen molar-refractivity contribution in [2.24, 2.45) is 0 Å². The maximum Gasteiger partial charge on any atom is 0.234 e. The second-order valence-electron chi connectivity index (χ2n) is 7.41. The van der Waals surface area contributed by atoms with Crippen LogP contribution in [0.2, 0.25) is 0 Å². The smallest absolute Gasteiger partial charge is 0.234 e. The number of aryl methyl sites for hydroxylation is 2. The molecule has 154 valence electrons. The van der Waals surface area contributed by atoms with Gasteiger partial charge in [-0.05, 0) is 37.6 Å². The van der Waals surface area contributed by atoms with Crippen molar-refractivity contribution < 1.29 is 4.79 Å². The van der Waals surface area contributed by atoms with Crippen molar-refractivity contribution >= 4 is 34.5 Å². The first-order chi connectivity index (χ1) is 15.1. The lowest BCUT2D eigenvalue weighted by molar-refractivity contribution is -0.113. The minimum atomic E-state index is -0.0839. The molecule has 7 nitrogen and oxygen atoms in total. The zero-order valence-electron chi connectivity index (χ0n) is 17.1. The number of nitrogens with zero attached hydrogens (tertiary/aromatic N) is 5. The lowest BCUT2D eigenvalue weighted by Gasteiger charge is -2.05. The Hall–Kier alpha value is -3.65. The van der Waals surface area contributed by atoms with Gasteiger partial charge in [-0.1, -0.05) is 53.7 Å². The zero-order valence-corrected chi connectivity index (χ0v) is 17.9. The SMILES string of the molecule is Cc1ccc(-c2cc3c4nnc(SCC(=O)Nc5cccc(C)c5)n4ccn3n2)cc1. The second kappa shape index (κ2) is 7.88. The van der Waals surface area contributed by atoms with Crippen LogP contribution in [-0.4, -0.2) is 35.9 Å². The van der Waals surface area contributed by atoms with Gasteiger partial charge >= 0.3 is 0 Å². The van der Waals surface area contributed by atoms with Crippen molar-refractivity contribution in [3.8, 4) is 11.3 Å². The van der Waals surface area contributed by atoms with E-state index in [-0.39, 0.29) is 11.7 Å². The molecule has 0 fully saturated rings. The van der Waals surface area contributed by atoms with E-state index in [1.807, 2.05) is 54.0 Å². The van der Waals surface area contributed by atoms with E-state index in [0.29, 0.717) is 10.8 Å². The van der Waals surface area contributed by atoms with Gasteiger partial charge in [-0.3, -0.25) is 9.20 Å². The van der Waals surface area contributed by atoms with Gasteiger partial charge < -0.3 is 5.32 Å². The quantitative estimate of drug-likeness (QED) is 0.420. The summed E-state index contributed by atoms with van der Waals surface area (Å²) >= 11 is 1.35. The Morgan fingerprint density at radius 2 is 1.84 bits per heavy atom. The predicted molar refractivity (Wildman–Crippen MR) is 122 cm³/mol. The Bertz CT molecular complexity index is 1400. The average molecular weight is 429 g/mol. The van der Waals surface area contributed by atoms with Gasteiger partial charge in [0.1, 0.15) is 5.52 Å². The summed E-state index contributed by atoms with van der Waals surface area (Å²) in [4.78, 5) is 12.3. The molecule has 1 amide bonds.